The quantitative estimate of drug-likeness (QED) is 0.925. The lowest BCUT2D eigenvalue weighted by Crippen LogP contribution is -2.23. The molecular weight excluding hydrogens is 262 g/mol. The van der Waals surface area contributed by atoms with Crippen LogP contribution in [-0.2, 0) is 6.42 Å². The van der Waals surface area contributed by atoms with Gasteiger partial charge in [0.1, 0.15) is 0 Å². The highest BCUT2D eigenvalue weighted by atomic mass is 16.5. The summed E-state index contributed by atoms with van der Waals surface area (Å²) in [7, 11) is 0. The second kappa shape index (κ2) is 6.39. The molecular formula is C17H23N3O. The average Bonchev–Trinajstić information content (AvgIpc) is 3.05. The number of hydrogen-bond acceptors (Lipinski definition) is 4. The van der Waals surface area contributed by atoms with E-state index in [1.165, 1.54) is 37.7 Å². The van der Waals surface area contributed by atoms with E-state index in [1.54, 1.807) is 0 Å². The third-order valence-corrected chi connectivity index (χ3v) is 4.50. The zero-order chi connectivity index (χ0) is 14.7. The Balaban J connectivity index is 1.75. The van der Waals surface area contributed by atoms with Gasteiger partial charge in [0.05, 0.1) is 6.04 Å². The summed E-state index contributed by atoms with van der Waals surface area (Å²) in [5.41, 5.74) is 8.60. The van der Waals surface area contributed by atoms with E-state index < -0.39 is 0 Å². The van der Waals surface area contributed by atoms with Crippen molar-refractivity contribution in [3.8, 4) is 11.4 Å². The predicted molar refractivity (Wildman–Crippen MR) is 82.6 cm³/mol. The van der Waals surface area contributed by atoms with Gasteiger partial charge < -0.3 is 10.3 Å². The molecule has 1 aromatic heterocycles. The molecule has 1 unspecified atom stereocenters. The van der Waals surface area contributed by atoms with Crippen molar-refractivity contribution in [2.45, 2.75) is 51.5 Å². The Morgan fingerprint density at radius 3 is 2.57 bits per heavy atom. The van der Waals surface area contributed by atoms with Gasteiger partial charge in [-0.2, -0.15) is 4.98 Å². The fourth-order valence-corrected chi connectivity index (χ4v) is 3.07. The fourth-order valence-electron chi connectivity index (χ4n) is 3.07. The predicted octanol–water partition coefficient (Wildman–Crippen LogP) is 3.88. The summed E-state index contributed by atoms with van der Waals surface area (Å²) in [4.78, 5) is 4.51. The molecule has 1 aliphatic carbocycles. The summed E-state index contributed by atoms with van der Waals surface area (Å²) < 4.78 is 5.40. The SMILES string of the molecule is CCc1ccc(-c2noc(C(N)C3CCCCC3)n2)cc1. The summed E-state index contributed by atoms with van der Waals surface area (Å²) in [6.45, 7) is 2.14. The molecule has 0 saturated heterocycles. The molecule has 2 N–H and O–H groups in total. The van der Waals surface area contributed by atoms with Crippen molar-refractivity contribution in [3.63, 3.8) is 0 Å². The Labute approximate surface area is 125 Å². The van der Waals surface area contributed by atoms with Gasteiger partial charge in [0.2, 0.25) is 11.7 Å². The maximum Gasteiger partial charge on any atom is 0.244 e. The first-order valence-electron chi connectivity index (χ1n) is 7.96. The highest BCUT2D eigenvalue weighted by Gasteiger charge is 2.26. The molecule has 2 aromatic rings. The second-order valence-corrected chi connectivity index (χ2v) is 5.93. The molecule has 0 aliphatic heterocycles. The minimum Gasteiger partial charge on any atom is -0.337 e. The number of rotatable bonds is 4. The molecule has 1 atom stereocenters. The Morgan fingerprint density at radius 2 is 1.90 bits per heavy atom. The Morgan fingerprint density at radius 1 is 1.19 bits per heavy atom. The maximum absolute atomic E-state index is 6.31. The van der Waals surface area contributed by atoms with Gasteiger partial charge in [-0.1, -0.05) is 55.6 Å². The van der Waals surface area contributed by atoms with Gasteiger partial charge in [-0.15, -0.1) is 0 Å². The minimum absolute atomic E-state index is 0.124. The van der Waals surface area contributed by atoms with Crippen molar-refractivity contribution in [1.82, 2.24) is 10.1 Å². The molecule has 1 fully saturated rings. The van der Waals surface area contributed by atoms with E-state index in [1.807, 2.05) is 12.1 Å². The van der Waals surface area contributed by atoms with Crippen LogP contribution in [0.25, 0.3) is 11.4 Å². The van der Waals surface area contributed by atoms with Crippen LogP contribution in [0.5, 0.6) is 0 Å². The Kier molecular flexibility index (Phi) is 4.34. The Hall–Kier alpha value is -1.68. The van der Waals surface area contributed by atoms with Crippen LogP contribution >= 0.6 is 0 Å². The van der Waals surface area contributed by atoms with Gasteiger partial charge in [-0.05, 0) is 30.7 Å². The summed E-state index contributed by atoms with van der Waals surface area (Å²) in [5.74, 6) is 1.70. The molecule has 4 heteroatoms. The third-order valence-electron chi connectivity index (χ3n) is 4.50. The number of aromatic nitrogens is 2. The zero-order valence-corrected chi connectivity index (χ0v) is 12.6. The van der Waals surface area contributed by atoms with E-state index in [0.29, 0.717) is 17.6 Å². The molecule has 0 amide bonds. The first-order chi connectivity index (χ1) is 10.3. The molecule has 0 radical (unpaired) electrons. The van der Waals surface area contributed by atoms with E-state index in [0.717, 1.165) is 12.0 Å². The molecule has 1 saturated carbocycles. The van der Waals surface area contributed by atoms with Crippen LogP contribution in [0.1, 0.15) is 56.5 Å². The van der Waals surface area contributed by atoms with Gasteiger partial charge in [0.25, 0.3) is 0 Å². The number of nitrogens with zero attached hydrogens (tertiary/aromatic N) is 2. The summed E-state index contributed by atoms with van der Waals surface area (Å²) >= 11 is 0. The van der Waals surface area contributed by atoms with Crippen LogP contribution in [0.4, 0.5) is 0 Å². The molecule has 4 nitrogen and oxygen atoms in total. The average molecular weight is 285 g/mol. The molecule has 112 valence electrons. The molecule has 0 spiro atoms. The fraction of sp³-hybridized carbons (Fsp3) is 0.529. The number of nitrogens with two attached hydrogens (primary N) is 1. The van der Waals surface area contributed by atoms with E-state index >= 15 is 0 Å². The van der Waals surface area contributed by atoms with E-state index in [4.69, 9.17) is 10.3 Å². The first kappa shape index (κ1) is 14.3. The van der Waals surface area contributed by atoms with E-state index in [2.05, 4.69) is 29.2 Å². The summed E-state index contributed by atoms with van der Waals surface area (Å²) in [5, 5.41) is 4.09. The third kappa shape index (κ3) is 3.16. The summed E-state index contributed by atoms with van der Waals surface area (Å²) in [6, 6.07) is 8.17. The highest BCUT2D eigenvalue weighted by Crippen LogP contribution is 2.32. The van der Waals surface area contributed by atoms with Crippen molar-refractivity contribution in [3.05, 3.63) is 35.7 Å². The molecule has 21 heavy (non-hydrogen) atoms. The van der Waals surface area contributed by atoms with Crippen molar-refractivity contribution in [2.75, 3.05) is 0 Å². The normalized spacial score (nSPS) is 17.8. The molecule has 1 heterocycles. The second-order valence-electron chi connectivity index (χ2n) is 5.93. The molecule has 0 bridgehead atoms. The largest absolute Gasteiger partial charge is 0.337 e. The van der Waals surface area contributed by atoms with Gasteiger partial charge in [0.15, 0.2) is 0 Å². The highest BCUT2D eigenvalue weighted by molar-refractivity contribution is 5.54. The lowest BCUT2D eigenvalue weighted by atomic mass is 9.84. The van der Waals surface area contributed by atoms with E-state index in [9.17, 15) is 0 Å². The van der Waals surface area contributed by atoms with Crippen molar-refractivity contribution >= 4 is 0 Å². The van der Waals surface area contributed by atoms with Crippen molar-refractivity contribution in [1.29, 1.82) is 0 Å². The minimum atomic E-state index is -0.124. The monoisotopic (exact) mass is 285 g/mol. The zero-order valence-electron chi connectivity index (χ0n) is 12.6. The topological polar surface area (TPSA) is 64.9 Å². The molecule has 1 aromatic carbocycles. The van der Waals surface area contributed by atoms with Crippen LogP contribution in [0.15, 0.2) is 28.8 Å². The maximum atomic E-state index is 6.31. The molecule has 1 aliphatic rings. The van der Waals surface area contributed by atoms with E-state index in [-0.39, 0.29) is 6.04 Å². The van der Waals surface area contributed by atoms with Crippen LogP contribution in [0.2, 0.25) is 0 Å². The van der Waals surface area contributed by atoms with Gasteiger partial charge in [-0.3, -0.25) is 0 Å². The van der Waals surface area contributed by atoms with Crippen molar-refractivity contribution < 1.29 is 4.52 Å². The molecule has 3 rings (SSSR count). The smallest absolute Gasteiger partial charge is 0.244 e. The Bertz CT molecular complexity index is 570. The van der Waals surface area contributed by atoms with Crippen LogP contribution in [0.3, 0.4) is 0 Å². The van der Waals surface area contributed by atoms with Crippen LogP contribution in [-0.4, -0.2) is 10.1 Å². The lowest BCUT2D eigenvalue weighted by Gasteiger charge is -2.24. The lowest BCUT2D eigenvalue weighted by molar-refractivity contribution is 0.255. The van der Waals surface area contributed by atoms with Crippen molar-refractivity contribution in [2.24, 2.45) is 11.7 Å². The van der Waals surface area contributed by atoms with Gasteiger partial charge >= 0.3 is 0 Å². The van der Waals surface area contributed by atoms with Crippen LogP contribution in [0, 0.1) is 5.92 Å². The number of hydrogen-bond donors (Lipinski definition) is 1. The van der Waals surface area contributed by atoms with Gasteiger partial charge in [0, 0.05) is 5.56 Å². The first-order valence-corrected chi connectivity index (χ1v) is 7.96. The summed E-state index contributed by atoms with van der Waals surface area (Å²) in [6.07, 6.45) is 7.22. The van der Waals surface area contributed by atoms with Gasteiger partial charge in [-0.25, -0.2) is 0 Å². The number of aryl methyl sites for hydroxylation is 1. The van der Waals surface area contributed by atoms with Crippen LogP contribution < -0.4 is 5.73 Å². The number of benzene rings is 1. The standard InChI is InChI=1S/C17H23N3O/c1-2-12-8-10-14(11-9-12)16-19-17(21-20-16)15(18)13-6-4-3-5-7-13/h8-11,13,15H,2-7,18H2,1H3.